The first-order valence-corrected chi connectivity index (χ1v) is 9.36. The molecular formula is C20H25N5O2. The number of imidazole rings is 1. The van der Waals surface area contributed by atoms with Gasteiger partial charge in [0.25, 0.3) is 0 Å². The van der Waals surface area contributed by atoms with Gasteiger partial charge in [0, 0.05) is 18.3 Å². The van der Waals surface area contributed by atoms with E-state index < -0.39 is 11.6 Å². The Hall–Kier alpha value is -2.67. The van der Waals surface area contributed by atoms with Crippen LogP contribution in [0.5, 0.6) is 0 Å². The summed E-state index contributed by atoms with van der Waals surface area (Å²) in [6.45, 7) is 3.77. The van der Waals surface area contributed by atoms with E-state index >= 15 is 0 Å². The second kappa shape index (κ2) is 6.49. The predicted octanol–water partition coefficient (Wildman–Crippen LogP) is 2.02. The molecule has 7 nitrogen and oxygen atoms in total. The number of nitrogens with zero attached hydrogens (tertiary/aromatic N) is 3. The van der Waals surface area contributed by atoms with Crippen LogP contribution in [0.4, 0.5) is 5.82 Å². The SMILES string of the molecule is CC(C)(C(=O)N1[C@@H]2CC[C@H]1C2)n1cnc(NC(=O)[C@@H](N)c2ccccc2)c1. The normalized spacial score (nSPS) is 22.3. The molecule has 1 aromatic heterocycles. The highest BCUT2D eigenvalue weighted by Gasteiger charge is 2.51. The Labute approximate surface area is 158 Å². The second-order valence-electron chi connectivity index (χ2n) is 7.94. The lowest BCUT2D eigenvalue weighted by Gasteiger charge is -2.44. The average Bonchev–Trinajstić information content (AvgIpc) is 3.39. The van der Waals surface area contributed by atoms with E-state index in [4.69, 9.17) is 5.73 Å². The Morgan fingerprint density at radius 1 is 1.22 bits per heavy atom. The molecule has 2 saturated heterocycles. The third-order valence-electron chi connectivity index (χ3n) is 5.84. The van der Waals surface area contributed by atoms with E-state index in [0.29, 0.717) is 17.9 Å². The molecule has 3 heterocycles. The number of nitrogens with two attached hydrogens (primary N) is 1. The molecule has 0 spiro atoms. The summed E-state index contributed by atoms with van der Waals surface area (Å²) in [6, 6.07) is 9.20. The highest BCUT2D eigenvalue weighted by Crippen LogP contribution is 2.42. The number of aromatic nitrogens is 2. The molecule has 1 aliphatic carbocycles. The van der Waals surface area contributed by atoms with Gasteiger partial charge in [-0.25, -0.2) is 4.98 Å². The van der Waals surface area contributed by atoms with Gasteiger partial charge in [-0.2, -0.15) is 0 Å². The minimum Gasteiger partial charge on any atom is -0.335 e. The summed E-state index contributed by atoms with van der Waals surface area (Å²) >= 11 is 0. The molecule has 1 saturated carbocycles. The first-order chi connectivity index (χ1) is 12.9. The lowest BCUT2D eigenvalue weighted by atomic mass is 9.95. The second-order valence-corrected chi connectivity index (χ2v) is 7.94. The zero-order valence-corrected chi connectivity index (χ0v) is 15.6. The Balaban J connectivity index is 1.45. The van der Waals surface area contributed by atoms with Gasteiger partial charge in [-0.05, 0) is 38.7 Å². The summed E-state index contributed by atoms with van der Waals surface area (Å²) in [5, 5.41) is 2.74. The van der Waals surface area contributed by atoms with E-state index in [1.54, 1.807) is 17.1 Å². The largest absolute Gasteiger partial charge is 0.335 e. The van der Waals surface area contributed by atoms with Crippen molar-refractivity contribution in [3.8, 4) is 0 Å². The van der Waals surface area contributed by atoms with Gasteiger partial charge >= 0.3 is 0 Å². The van der Waals surface area contributed by atoms with E-state index in [1.807, 2.05) is 49.1 Å². The Morgan fingerprint density at radius 2 is 1.89 bits per heavy atom. The fraction of sp³-hybridized carbons (Fsp3) is 0.450. The molecule has 3 atom stereocenters. The molecule has 0 radical (unpaired) electrons. The van der Waals surface area contributed by atoms with Crippen LogP contribution in [0.3, 0.4) is 0 Å². The Morgan fingerprint density at radius 3 is 2.52 bits per heavy atom. The fourth-order valence-electron chi connectivity index (χ4n) is 4.07. The fourth-order valence-corrected chi connectivity index (χ4v) is 4.07. The monoisotopic (exact) mass is 367 g/mol. The molecule has 7 heteroatoms. The maximum absolute atomic E-state index is 13.0. The first kappa shape index (κ1) is 17.7. The number of amides is 2. The number of rotatable bonds is 5. The van der Waals surface area contributed by atoms with E-state index in [9.17, 15) is 9.59 Å². The van der Waals surface area contributed by atoms with Crippen molar-refractivity contribution in [3.63, 3.8) is 0 Å². The molecule has 142 valence electrons. The van der Waals surface area contributed by atoms with Gasteiger partial charge in [0.05, 0.1) is 6.33 Å². The molecule has 3 aliphatic rings. The van der Waals surface area contributed by atoms with Crippen molar-refractivity contribution < 1.29 is 9.59 Å². The van der Waals surface area contributed by atoms with Crippen LogP contribution in [0.2, 0.25) is 0 Å². The molecule has 2 amide bonds. The van der Waals surface area contributed by atoms with Crippen LogP contribution >= 0.6 is 0 Å². The zero-order valence-electron chi connectivity index (χ0n) is 15.6. The molecule has 1 aromatic carbocycles. The van der Waals surface area contributed by atoms with Crippen molar-refractivity contribution >= 4 is 17.6 Å². The average molecular weight is 367 g/mol. The van der Waals surface area contributed by atoms with Crippen molar-refractivity contribution in [3.05, 3.63) is 48.4 Å². The summed E-state index contributed by atoms with van der Waals surface area (Å²) in [7, 11) is 0. The number of hydrogen-bond acceptors (Lipinski definition) is 4. The van der Waals surface area contributed by atoms with Gasteiger partial charge in [-0.15, -0.1) is 0 Å². The maximum atomic E-state index is 13.0. The Kier molecular flexibility index (Phi) is 4.26. The summed E-state index contributed by atoms with van der Waals surface area (Å²) in [6.07, 6.45) is 6.62. The van der Waals surface area contributed by atoms with Gasteiger partial charge in [0.1, 0.15) is 11.6 Å². The third-order valence-corrected chi connectivity index (χ3v) is 5.84. The van der Waals surface area contributed by atoms with Crippen molar-refractivity contribution in [2.75, 3.05) is 5.32 Å². The highest BCUT2D eigenvalue weighted by molar-refractivity contribution is 5.94. The van der Waals surface area contributed by atoms with E-state index in [1.165, 1.54) is 0 Å². The van der Waals surface area contributed by atoms with Gasteiger partial charge in [0.2, 0.25) is 11.8 Å². The van der Waals surface area contributed by atoms with Crippen LogP contribution in [0, 0.1) is 0 Å². The number of benzene rings is 1. The van der Waals surface area contributed by atoms with Crippen LogP contribution in [0.25, 0.3) is 0 Å². The molecule has 5 rings (SSSR count). The van der Waals surface area contributed by atoms with Crippen molar-refractivity contribution in [2.45, 2.75) is 56.8 Å². The standard InChI is InChI=1S/C20H25N5O2/c1-20(2,19(27)25-14-8-9-15(25)10-14)24-11-16(22-12-24)23-18(26)17(21)13-6-4-3-5-7-13/h3-7,11-12,14-15,17H,8-10,21H2,1-2H3,(H,23,26)/t14-,15+,17-/m0/s1. The number of carbonyl (C=O) groups is 2. The summed E-state index contributed by atoms with van der Waals surface area (Å²) in [5.41, 5.74) is 6.01. The predicted molar refractivity (Wildman–Crippen MR) is 102 cm³/mol. The zero-order chi connectivity index (χ0) is 19.2. The quantitative estimate of drug-likeness (QED) is 0.845. The third kappa shape index (κ3) is 3.02. The number of carbonyl (C=O) groups excluding carboxylic acids is 2. The number of fused-ring (bicyclic) bond motifs is 1. The van der Waals surface area contributed by atoms with Crippen LogP contribution in [-0.4, -0.2) is 38.3 Å². The minimum atomic E-state index is -0.775. The molecule has 2 aliphatic heterocycles. The van der Waals surface area contributed by atoms with Crippen molar-refractivity contribution in [1.82, 2.24) is 14.5 Å². The number of anilines is 1. The number of hydrogen-bond donors (Lipinski definition) is 2. The van der Waals surface area contributed by atoms with Crippen molar-refractivity contribution in [2.24, 2.45) is 5.73 Å². The molecule has 0 unspecified atom stereocenters. The smallest absolute Gasteiger partial charge is 0.248 e. The van der Waals surface area contributed by atoms with Crippen LogP contribution in [-0.2, 0) is 15.1 Å². The summed E-state index contributed by atoms with van der Waals surface area (Å²) in [4.78, 5) is 31.7. The molecule has 3 fully saturated rings. The topological polar surface area (TPSA) is 93.2 Å². The summed E-state index contributed by atoms with van der Waals surface area (Å²) in [5.74, 6) is 0.160. The maximum Gasteiger partial charge on any atom is 0.248 e. The van der Waals surface area contributed by atoms with E-state index in [0.717, 1.165) is 24.8 Å². The van der Waals surface area contributed by atoms with Crippen LogP contribution < -0.4 is 11.1 Å². The number of nitrogens with one attached hydrogen (secondary N) is 1. The Bertz CT molecular complexity index is 846. The van der Waals surface area contributed by atoms with Crippen molar-refractivity contribution in [1.29, 1.82) is 0 Å². The van der Waals surface area contributed by atoms with Gasteiger partial charge in [-0.1, -0.05) is 30.3 Å². The van der Waals surface area contributed by atoms with Gasteiger partial charge in [0.15, 0.2) is 5.82 Å². The molecule has 3 N–H and O–H groups in total. The van der Waals surface area contributed by atoms with Crippen LogP contribution in [0.1, 0.15) is 44.7 Å². The van der Waals surface area contributed by atoms with E-state index in [-0.39, 0.29) is 11.8 Å². The highest BCUT2D eigenvalue weighted by atomic mass is 16.2. The van der Waals surface area contributed by atoms with Crippen LogP contribution in [0.15, 0.2) is 42.9 Å². The first-order valence-electron chi connectivity index (χ1n) is 9.36. The lowest BCUT2D eigenvalue weighted by Crippen LogP contribution is -2.58. The molecule has 2 aromatic rings. The lowest BCUT2D eigenvalue weighted by molar-refractivity contribution is -0.148. The summed E-state index contributed by atoms with van der Waals surface area (Å²) < 4.78 is 1.76. The molecule has 27 heavy (non-hydrogen) atoms. The molecular weight excluding hydrogens is 342 g/mol. The molecule has 2 bridgehead atoms. The van der Waals surface area contributed by atoms with Gasteiger partial charge < -0.3 is 20.5 Å². The van der Waals surface area contributed by atoms with E-state index in [2.05, 4.69) is 10.3 Å². The van der Waals surface area contributed by atoms with Gasteiger partial charge in [-0.3, -0.25) is 9.59 Å². The minimum absolute atomic E-state index is 0.109.